The molecular weight excluding hydrogens is 588 g/mol. The molecule has 0 unspecified atom stereocenters. The Morgan fingerprint density at radius 2 is 0.884 bits per heavy atom. The zero-order chi connectivity index (χ0) is 30.7. The molecule has 0 spiro atoms. The molecule has 0 radical (unpaired) electrons. The molecule has 4 aromatic rings. The third-order valence-electron chi connectivity index (χ3n) is 6.19. The summed E-state index contributed by atoms with van der Waals surface area (Å²) >= 11 is 0. The lowest BCUT2D eigenvalue weighted by Crippen LogP contribution is -2.23. The van der Waals surface area contributed by atoms with Gasteiger partial charge < -0.3 is 9.47 Å². The smallest absolute Gasteiger partial charge is 0.240 e. The summed E-state index contributed by atoms with van der Waals surface area (Å²) in [6.07, 6.45) is 0.623. The summed E-state index contributed by atoms with van der Waals surface area (Å²) < 4.78 is 66.4. The quantitative estimate of drug-likeness (QED) is 0.199. The number of nitriles is 2. The number of nitrogens with one attached hydrogen (secondary N) is 2. The van der Waals surface area contributed by atoms with Gasteiger partial charge >= 0.3 is 0 Å². The molecule has 0 aliphatic heterocycles. The second-order valence-corrected chi connectivity index (χ2v) is 12.8. The molecule has 10 nitrogen and oxygen atoms in total. The molecule has 0 aliphatic rings. The maximum atomic E-state index is 12.5. The van der Waals surface area contributed by atoms with E-state index < -0.39 is 20.0 Å². The number of hydrogen-bond acceptors (Lipinski definition) is 8. The second-order valence-electron chi connectivity index (χ2n) is 9.26. The van der Waals surface area contributed by atoms with Crippen LogP contribution in [0.1, 0.15) is 28.7 Å². The lowest BCUT2D eigenvalue weighted by molar-refractivity contribution is 0.247. The predicted octanol–water partition coefficient (Wildman–Crippen LogP) is 4.23. The maximum absolute atomic E-state index is 12.5. The van der Waals surface area contributed by atoms with E-state index in [0.717, 1.165) is 11.1 Å². The first-order valence-electron chi connectivity index (χ1n) is 13.1. The van der Waals surface area contributed by atoms with Crippen LogP contribution in [0.25, 0.3) is 0 Å². The molecule has 43 heavy (non-hydrogen) atoms. The minimum absolute atomic E-state index is 0.0909. The Hall–Kier alpha value is -4.72. The van der Waals surface area contributed by atoms with Gasteiger partial charge in [0.15, 0.2) is 0 Å². The van der Waals surface area contributed by atoms with Gasteiger partial charge in [-0.3, -0.25) is 0 Å². The highest BCUT2D eigenvalue weighted by atomic mass is 32.2. The van der Waals surface area contributed by atoms with Gasteiger partial charge in [0.25, 0.3) is 0 Å². The Kier molecular flexibility index (Phi) is 10.5. The molecule has 0 bridgehead atoms. The fourth-order valence-electron chi connectivity index (χ4n) is 3.79. The van der Waals surface area contributed by atoms with Crippen molar-refractivity contribution < 1.29 is 26.3 Å². The predicted molar refractivity (Wildman–Crippen MR) is 159 cm³/mol. The average molecular weight is 617 g/mol. The largest absolute Gasteiger partial charge is 0.493 e. The van der Waals surface area contributed by atoms with Crippen LogP contribution in [0.5, 0.6) is 11.5 Å². The van der Waals surface area contributed by atoms with Crippen LogP contribution in [0.15, 0.2) is 107 Å². The van der Waals surface area contributed by atoms with Crippen LogP contribution in [0, 0.1) is 22.7 Å². The topological polar surface area (TPSA) is 158 Å². The molecule has 2 N–H and O–H groups in total. The van der Waals surface area contributed by atoms with Crippen LogP contribution in [0.2, 0.25) is 0 Å². The fourth-order valence-corrected chi connectivity index (χ4v) is 5.82. The molecule has 12 heteroatoms. The number of hydrogen-bond donors (Lipinski definition) is 2. The van der Waals surface area contributed by atoms with Crippen molar-refractivity contribution in [1.82, 2.24) is 9.44 Å². The lowest BCUT2D eigenvalue weighted by atomic mass is 10.2. The first-order valence-corrected chi connectivity index (χ1v) is 16.1. The van der Waals surface area contributed by atoms with Crippen LogP contribution < -0.4 is 18.9 Å². The number of benzene rings is 4. The molecular formula is C31H28N4O6S2. The van der Waals surface area contributed by atoms with E-state index in [1.807, 2.05) is 12.1 Å². The zero-order valence-electron chi connectivity index (χ0n) is 22.9. The van der Waals surface area contributed by atoms with Crippen LogP contribution >= 0.6 is 0 Å². The molecule has 0 fully saturated rings. The standard InChI is InChI=1S/C31H28N4O6S2/c32-20-24-6-14-30(15-7-24)42(36,37)34-22-26-2-10-28(11-3-26)40-18-1-19-41-29-12-4-27(5-13-29)23-35-43(38,39)31-16-8-25(21-33)9-17-31/h2-17,34-35H,1,18-19,22-23H2. The fraction of sp³-hybridized carbons (Fsp3) is 0.161. The first-order chi connectivity index (χ1) is 20.7. The van der Waals surface area contributed by atoms with Crippen molar-refractivity contribution in [2.75, 3.05) is 13.2 Å². The molecule has 0 heterocycles. The Balaban J connectivity index is 1.14. The van der Waals surface area contributed by atoms with Crippen molar-refractivity contribution in [3.8, 4) is 23.6 Å². The SMILES string of the molecule is N#Cc1ccc(S(=O)(=O)NCc2ccc(OCCCOc3ccc(CNS(=O)(=O)c4ccc(C#N)cc4)cc3)cc2)cc1. The number of nitrogens with zero attached hydrogens (tertiary/aromatic N) is 2. The summed E-state index contributed by atoms with van der Waals surface area (Å²) in [7, 11) is -7.40. The van der Waals surface area contributed by atoms with Crippen LogP contribution in [0.3, 0.4) is 0 Å². The van der Waals surface area contributed by atoms with Gasteiger partial charge in [-0.05, 0) is 83.9 Å². The minimum atomic E-state index is -3.70. The average Bonchev–Trinajstić information content (AvgIpc) is 3.04. The molecule has 0 aliphatic carbocycles. The van der Waals surface area contributed by atoms with Crippen molar-refractivity contribution in [2.45, 2.75) is 29.3 Å². The van der Waals surface area contributed by atoms with Gasteiger partial charge in [0.2, 0.25) is 20.0 Å². The minimum Gasteiger partial charge on any atom is -0.493 e. The van der Waals surface area contributed by atoms with Gasteiger partial charge in [0.05, 0.1) is 46.3 Å². The second kappa shape index (κ2) is 14.4. The van der Waals surface area contributed by atoms with E-state index in [-0.39, 0.29) is 22.9 Å². The molecule has 0 amide bonds. The normalized spacial score (nSPS) is 11.3. The number of ether oxygens (including phenoxy) is 2. The lowest BCUT2D eigenvalue weighted by Gasteiger charge is -2.10. The molecule has 0 atom stereocenters. The Morgan fingerprint density at radius 1 is 0.535 bits per heavy atom. The third kappa shape index (κ3) is 9.13. The molecule has 0 aromatic heterocycles. The highest BCUT2D eigenvalue weighted by Gasteiger charge is 2.14. The monoisotopic (exact) mass is 616 g/mol. The van der Waals surface area contributed by atoms with Crippen molar-refractivity contribution in [1.29, 1.82) is 10.5 Å². The Morgan fingerprint density at radius 3 is 1.21 bits per heavy atom. The Labute approximate surface area is 251 Å². The van der Waals surface area contributed by atoms with E-state index in [9.17, 15) is 16.8 Å². The van der Waals surface area contributed by atoms with E-state index in [2.05, 4.69) is 9.44 Å². The molecule has 4 aromatic carbocycles. The summed E-state index contributed by atoms with van der Waals surface area (Å²) in [4.78, 5) is 0.182. The van der Waals surface area contributed by atoms with Crippen molar-refractivity contribution >= 4 is 20.0 Å². The zero-order valence-corrected chi connectivity index (χ0v) is 24.6. The van der Waals surface area contributed by atoms with E-state index in [1.165, 1.54) is 48.5 Å². The number of rotatable bonds is 14. The van der Waals surface area contributed by atoms with Gasteiger partial charge in [0, 0.05) is 19.5 Å². The van der Waals surface area contributed by atoms with Crippen LogP contribution in [-0.4, -0.2) is 30.0 Å². The van der Waals surface area contributed by atoms with Gasteiger partial charge in [0.1, 0.15) is 11.5 Å². The van der Waals surface area contributed by atoms with Gasteiger partial charge in [-0.15, -0.1) is 0 Å². The van der Waals surface area contributed by atoms with Crippen LogP contribution in [-0.2, 0) is 33.1 Å². The summed E-state index contributed by atoms with van der Waals surface area (Å²) in [5, 5.41) is 17.7. The van der Waals surface area contributed by atoms with Crippen molar-refractivity contribution in [3.63, 3.8) is 0 Å². The summed E-state index contributed by atoms with van der Waals surface area (Å²) in [6.45, 7) is 1.05. The van der Waals surface area contributed by atoms with E-state index >= 15 is 0 Å². The van der Waals surface area contributed by atoms with Crippen molar-refractivity contribution in [2.24, 2.45) is 0 Å². The summed E-state index contributed by atoms with van der Waals surface area (Å²) in [6, 6.07) is 29.5. The highest BCUT2D eigenvalue weighted by Crippen LogP contribution is 2.17. The first kappa shape index (κ1) is 31.2. The Bertz CT molecular complexity index is 1670. The maximum Gasteiger partial charge on any atom is 0.240 e. The van der Waals surface area contributed by atoms with Gasteiger partial charge in [-0.1, -0.05) is 24.3 Å². The molecule has 4 rings (SSSR count). The van der Waals surface area contributed by atoms with E-state index in [0.29, 0.717) is 42.3 Å². The molecule has 0 saturated carbocycles. The van der Waals surface area contributed by atoms with E-state index in [1.54, 1.807) is 48.5 Å². The third-order valence-corrected chi connectivity index (χ3v) is 9.03. The number of sulfonamides is 2. The van der Waals surface area contributed by atoms with Gasteiger partial charge in [-0.25, -0.2) is 26.3 Å². The molecule has 220 valence electrons. The van der Waals surface area contributed by atoms with Crippen LogP contribution in [0.4, 0.5) is 0 Å². The summed E-state index contributed by atoms with van der Waals surface area (Å²) in [5.41, 5.74) is 2.30. The summed E-state index contributed by atoms with van der Waals surface area (Å²) in [5.74, 6) is 1.29. The van der Waals surface area contributed by atoms with Gasteiger partial charge in [-0.2, -0.15) is 10.5 Å². The van der Waals surface area contributed by atoms with E-state index in [4.69, 9.17) is 20.0 Å². The highest BCUT2D eigenvalue weighted by molar-refractivity contribution is 7.89. The van der Waals surface area contributed by atoms with Crippen molar-refractivity contribution in [3.05, 3.63) is 119 Å². The molecule has 0 saturated heterocycles.